The molecule has 3 heterocycles. The number of amides is 1. The van der Waals surface area contributed by atoms with Gasteiger partial charge in [0.25, 0.3) is 0 Å². The van der Waals surface area contributed by atoms with Crippen LogP contribution in [0.4, 0.5) is 11.4 Å². The molecule has 0 spiro atoms. The van der Waals surface area contributed by atoms with Crippen LogP contribution in [0.2, 0.25) is 10.0 Å². The Balaban J connectivity index is 1.55. The molecule has 1 saturated heterocycles. The minimum atomic E-state index is -0.305. The van der Waals surface area contributed by atoms with E-state index in [1.165, 1.54) is 6.92 Å². The van der Waals surface area contributed by atoms with Crippen molar-refractivity contribution >= 4 is 57.8 Å². The molecule has 5 rings (SSSR count). The van der Waals surface area contributed by atoms with Gasteiger partial charge in [-0.25, -0.2) is 0 Å². The Morgan fingerprint density at radius 2 is 1.86 bits per heavy atom. The van der Waals surface area contributed by atoms with Crippen LogP contribution in [-0.4, -0.2) is 16.0 Å². The number of carbonyl (C=O) groups excluding carboxylic acids is 1. The normalized spacial score (nSPS) is 17.3. The number of anilines is 2. The van der Waals surface area contributed by atoms with Crippen molar-refractivity contribution in [2.75, 3.05) is 10.2 Å². The number of rotatable bonds is 5. The van der Waals surface area contributed by atoms with Gasteiger partial charge in [0, 0.05) is 30.1 Å². The Morgan fingerprint density at radius 1 is 1.06 bits per heavy atom. The van der Waals surface area contributed by atoms with Gasteiger partial charge in [-0.1, -0.05) is 29.3 Å². The zero-order chi connectivity index (χ0) is 24.5. The first-order chi connectivity index (χ1) is 16.9. The molecule has 4 aromatic rings. The number of furan rings is 1. The van der Waals surface area contributed by atoms with Crippen LogP contribution in [0, 0.1) is 0 Å². The lowest BCUT2D eigenvalue weighted by atomic mass is 10.0. The fraction of sp³-hybridized carbons (Fsp3) is 0.115. The van der Waals surface area contributed by atoms with Crippen molar-refractivity contribution in [3.8, 4) is 11.3 Å². The molecule has 1 aliphatic rings. The summed E-state index contributed by atoms with van der Waals surface area (Å²) >= 11 is 18.1. The predicted molar refractivity (Wildman–Crippen MR) is 143 cm³/mol. The van der Waals surface area contributed by atoms with Crippen LogP contribution in [0.1, 0.15) is 30.5 Å². The highest BCUT2D eigenvalue weighted by Gasteiger charge is 2.42. The van der Waals surface area contributed by atoms with Crippen molar-refractivity contribution in [2.24, 2.45) is 0 Å². The highest BCUT2D eigenvalue weighted by atomic mass is 35.5. The third-order valence-electron chi connectivity index (χ3n) is 5.69. The fourth-order valence-corrected chi connectivity index (χ4v) is 4.79. The second kappa shape index (κ2) is 9.70. The van der Waals surface area contributed by atoms with Crippen LogP contribution in [0.15, 0.2) is 83.4 Å². The smallest absolute Gasteiger partial charge is 0.221 e. The summed E-state index contributed by atoms with van der Waals surface area (Å²) in [6, 6.07) is 22.0. The van der Waals surface area contributed by atoms with Gasteiger partial charge in [0.15, 0.2) is 5.11 Å². The van der Waals surface area contributed by atoms with Crippen molar-refractivity contribution in [1.29, 1.82) is 0 Å². The van der Waals surface area contributed by atoms with Crippen molar-refractivity contribution in [3.63, 3.8) is 0 Å². The molecule has 0 unspecified atom stereocenters. The molecule has 6 nitrogen and oxygen atoms in total. The van der Waals surface area contributed by atoms with Gasteiger partial charge >= 0.3 is 0 Å². The monoisotopic (exact) mass is 522 g/mol. The van der Waals surface area contributed by atoms with Crippen molar-refractivity contribution in [2.45, 2.75) is 19.0 Å². The number of pyridine rings is 1. The van der Waals surface area contributed by atoms with E-state index >= 15 is 0 Å². The van der Waals surface area contributed by atoms with Crippen molar-refractivity contribution < 1.29 is 9.21 Å². The number of halogens is 2. The molecule has 2 atom stereocenters. The second-order valence-corrected chi connectivity index (χ2v) is 9.26. The van der Waals surface area contributed by atoms with Crippen LogP contribution < -0.4 is 15.5 Å². The SMILES string of the molecule is CC(=O)Nc1ccc(N2C(=S)N[C@H](c3ccccn3)[C@H]2c2ccc(-c3ccc(Cl)c(Cl)c3)o2)cc1. The highest BCUT2D eigenvalue weighted by molar-refractivity contribution is 7.80. The van der Waals surface area contributed by atoms with E-state index in [9.17, 15) is 4.79 Å². The van der Waals surface area contributed by atoms with E-state index in [0.717, 1.165) is 16.9 Å². The van der Waals surface area contributed by atoms with E-state index in [2.05, 4.69) is 15.6 Å². The number of benzene rings is 2. The molecule has 1 aliphatic heterocycles. The minimum Gasteiger partial charge on any atom is -0.459 e. The summed E-state index contributed by atoms with van der Waals surface area (Å²) in [5.41, 5.74) is 3.22. The number of nitrogens with one attached hydrogen (secondary N) is 2. The fourth-order valence-electron chi connectivity index (χ4n) is 4.15. The summed E-state index contributed by atoms with van der Waals surface area (Å²) in [6.07, 6.45) is 1.76. The first-order valence-corrected chi connectivity index (χ1v) is 12.0. The maximum absolute atomic E-state index is 11.4. The standard InChI is InChI=1S/C26H20Cl2N4O2S/c1-15(33)30-17-6-8-18(9-7-17)32-25(24(31-26(32)35)21-4-2-3-13-29-21)23-12-11-22(34-23)16-5-10-19(27)20(28)14-16/h2-14,24-25H,1H3,(H,30,33)(H,31,35)/t24-,25-/m1/s1. The third kappa shape index (κ3) is 4.75. The van der Waals surface area contributed by atoms with Gasteiger partial charge in [0.05, 0.1) is 21.8 Å². The van der Waals surface area contributed by atoms with Crippen LogP contribution >= 0.6 is 35.4 Å². The molecule has 0 radical (unpaired) electrons. The van der Waals surface area contributed by atoms with E-state index < -0.39 is 0 Å². The molecule has 9 heteroatoms. The van der Waals surface area contributed by atoms with Gasteiger partial charge < -0.3 is 20.0 Å². The Bertz CT molecular complexity index is 1390. The van der Waals surface area contributed by atoms with Crippen molar-refractivity contribution in [3.05, 3.63) is 100 Å². The molecule has 2 N–H and O–H groups in total. The molecule has 0 bridgehead atoms. The molecule has 0 aliphatic carbocycles. The predicted octanol–water partition coefficient (Wildman–Crippen LogP) is 6.78. The van der Waals surface area contributed by atoms with Crippen LogP contribution in [-0.2, 0) is 4.79 Å². The Labute approximate surface area is 217 Å². The van der Waals surface area contributed by atoms with Gasteiger partial charge in [-0.15, -0.1) is 0 Å². The number of hydrogen-bond acceptors (Lipinski definition) is 4. The van der Waals surface area contributed by atoms with Crippen molar-refractivity contribution in [1.82, 2.24) is 10.3 Å². The van der Waals surface area contributed by atoms with E-state index in [1.54, 1.807) is 18.3 Å². The molecule has 2 aromatic carbocycles. The summed E-state index contributed by atoms with van der Waals surface area (Å²) in [6.45, 7) is 1.48. The maximum Gasteiger partial charge on any atom is 0.221 e. The zero-order valence-electron chi connectivity index (χ0n) is 18.5. The molecule has 35 heavy (non-hydrogen) atoms. The lowest BCUT2D eigenvalue weighted by Gasteiger charge is -2.26. The summed E-state index contributed by atoms with van der Waals surface area (Å²) in [4.78, 5) is 18.0. The van der Waals surface area contributed by atoms with Gasteiger partial charge in [-0.05, 0) is 78.9 Å². The minimum absolute atomic E-state index is 0.130. The second-order valence-electron chi connectivity index (χ2n) is 8.06. The number of hydrogen-bond donors (Lipinski definition) is 2. The summed E-state index contributed by atoms with van der Waals surface area (Å²) in [7, 11) is 0. The Kier molecular flexibility index (Phi) is 6.47. The zero-order valence-corrected chi connectivity index (χ0v) is 20.9. The van der Waals surface area contributed by atoms with Gasteiger partial charge in [-0.3, -0.25) is 9.78 Å². The maximum atomic E-state index is 11.4. The first-order valence-electron chi connectivity index (χ1n) is 10.8. The molecular formula is C26H20Cl2N4O2S. The molecule has 0 saturated carbocycles. The van der Waals surface area contributed by atoms with E-state index in [0.29, 0.717) is 32.4 Å². The quantitative estimate of drug-likeness (QED) is 0.281. The summed E-state index contributed by atoms with van der Waals surface area (Å²) in [5, 5.41) is 7.68. The molecule has 1 amide bonds. The summed E-state index contributed by atoms with van der Waals surface area (Å²) in [5.74, 6) is 1.24. The summed E-state index contributed by atoms with van der Waals surface area (Å²) < 4.78 is 6.35. The number of aromatic nitrogens is 1. The molecule has 176 valence electrons. The third-order valence-corrected chi connectivity index (χ3v) is 6.74. The Morgan fingerprint density at radius 3 is 2.54 bits per heavy atom. The highest BCUT2D eigenvalue weighted by Crippen LogP contribution is 2.43. The Hall–Kier alpha value is -3.39. The van der Waals surface area contributed by atoms with E-state index in [4.69, 9.17) is 39.8 Å². The number of thiocarbonyl (C=S) groups is 1. The van der Waals surface area contributed by atoms with E-state index in [-0.39, 0.29) is 18.0 Å². The van der Waals surface area contributed by atoms with E-state index in [1.807, 2.05) is 65.6 Å². The molecule has 2 aromatic heterocycles. The first kappa shape index (κ1) is 23.4. The molecular weight excluding hydrogens is 503 g/mol. The lowest BCUT2D eigenvalue weighted by molar-refractivity contribution is -0.114. The molecule has 1 fully saturated rings. The van der Waals surface area contributed by atoms with Gasteiger partial charge in [0.2, 0.25) is 5.91 Å². The topological polar surface area (TPSA) is 70.4 Å². The lowest BCUT2D eigenvalue weighted by Crippen LogP contribution is -2.29. The largest absolute Gasteiger partial charge is 0.459 e. The van der Waals surface area contributed by atoms with Crippen LogP contribution in [0.5, 0.6) is 0 Å². The number of nitrogens with zero attached hydrogens (tertiary/aromatic N) is 2. The average molecular weight is 523 g/mol. The number of carbonyl (C=O) groups is 1. The van der Waals surface area contributed by atoms with Crippen LogP contribution in [0.25, 0.3) is 11.3 Å². The average Bonchev–Trinajstić information content (AvgIpc) is 3.46. The van der Waals surface area contributed by atoms with Gasteiger partial charge in [0.1, 0.15) is 17.6 Å². The van der Waals surface area contributed by atoms with Gasteiger partial charge in [-0.2, -0.15) is 0 Å². The van der Waals surface area contributed by atoms with Crippen LogP contribution in [0.3, 0.4) is 0 Å².